The lowest BCUT2D eigenvalue weighted by Gasteiger charge is -2.15. The van der Waals surface area contributed by atoms with E-state index in [2.05, 4.69) is 10.1 Å². The highest BCUT2D eigenvalue weighted by Crippen LogP contribution is 2.27. The molecule has 3 aromatic heterocycles. The second kappa shape index (κ2) is 8.62. The number of halogens is 2. The highest BCUT2D eigenvalue weighted by molar-refractivity contribution is 5.85. The van der Waals surface area contributed by atoms with E-state index >= 15 is 0 Å². The van der Waals surface area contributed by atoms with Crippen LogP contribution >= 0.6 is 0 Å². The summed E-state index contributed by atoms with van der Waals surface area (Å²) in [6.45, 7) is 0.723. The second-order valence-electron chi connectivity index (χ2n) is 8.48. The Labute approximate surface area is 198 Å². The average Bonchev–Trinajstić information content (AvgIpc) is 3.35. The SMILES string of the molecule is Cc1ccc(OC(F)F)c(Cn2c3cc(-c4cnn5c(C(C)O)cnc5c4)ccc3c(=O)n2C)c1. The predicted molar refractivity (Wildman–Crippen MR) is 127 cm³/mol. The highest BCUT2D eigenvalue weighted by Gasteiger charge is 2.17. The molecule has 0 radical (unpaired) electrons. The van der Waals surface area contributed by atoms with Gasteiger partial charge in [-0.3, -0.25) is 14.2 Å². The molecule has 0 bridgehead atoms. The van der Waals surface area contributed by atoms with Crippen molar-refractivity contribution in [3.63, 3.8) is 0 Å². The molecule has 0 amide bonds. The maximum Gasteiger partial charge on any atom is 0.387 e. The van der Waals surface area contributed by atoms with Crippen molar-refractivity contribution in [2.24, 2.45) is 7.05 Å². The van der Waals surface area contributed by atoms with Gasteiger partial charge >= 0.3 is 6.61 Å². The zero-order chi connectivity index (χ0) is 24.9. The van der Waals surface area contributed by atoms with E-state index in [0.717, 1.165) is 16.7 Å². The van der Waals surface area contributed by atoms with Crippen molar-refractivity contribution in [2.45, 2.75) is 33.1 Å². The summed E-state index contributed by atoms with van der Waals surface area (Å²) in [6.07, 6.45) is 2.54. The molecule has 10 heteroatoms. The van der Waals surface area contributed by atoms with E-state index in [0.29, 0.717) is 27.8 Å². The third-order valence-electron chi connectivity index (χ3n) is 6.06. The average molecular weight is 479 g/mol. The molecule has 1 unspecified atom stereocenters. The van der Waals surface area contributed by atoms with Crippen LogP contribution in [0.4, 0.5) is 8.78 Å². The van der Waals surface area contributed by atoms with Crippen LogP contribution in [0.15, 0.2) is 59.7 Å². The number of nitrogens with zero attached hydrogens (tertiary/aromatic N) is 5. The first-order valence-corrected chi connectivity index (χ1v) is 11.0. The summed E-state index contributed by atoms with van der Waals surface area (Å²) in [5.74, 6) is 0.0685. The van der Waals surface area contributed by atoms with Gasteiger partial charge in [0.05, 0.1) is 41.6 Å². The number of aliphatic hydroxyl groups is 1. The number of rotatable bonds is 6. The summed E-state index contributed by atoms with van der Waals surface area (Å²) in [6, 6.07) is 12.3. The molecular weight excluding hydrogens is 456 g/mol. The number of aliphatic hydroxyl groups excluding tert-OH is 1. The number of ether oxygens (including phenoxy) is 1. The number of benzene rings is 2. The number of alkyl halides is 2. The molecule has 1 atom stereocenters. The Morgan fingerprint density at radius 1 is 1.09 bits per heavy atom. The third kappa shape index (κ3) is 4.06. The zero-order valence-corrected chi connectivity index (χ0v) is 19.3. The molecular formula is C25H23F2N5O3. The van der Waals surface area contributed by atoms with Crippen molar-refractivity contribution in [3.05, 3.63) is 82.0 Å². The van der Waals surface area contributed by atoms with Gasteiger partial charge in [-0.15, -0.1) is 0 Å². The number of aryl methyl sites for hydroxylation is 1. The number of aromatic nitrogens is 5. The lowest BCUT2D eigenvalue weighted by molar-refractivity contribution is -0.0505. The van der Waals surface area contributed by atoms with Crippen molar-refractivity contribution in [3.8, 4) is 16.9 Å². The highest BCUT2D eigenvalue weighted by atomic mass is 19.3. The molecule has 3 heterocycles. The van der Waals surface area contributed by atoms with Crippen LogP contribution in [0, 0.1) is 6.92 Å². The minimum atomic E-state index is -2.95. The van der Waals surface area contributed by atoms with Crippen LogP contribution in [-0.2, 0) is 13.6 Å². The lowest BCUT2D eigenvalue weighted by atomic mass is 10.1. The van der Waals surface area contributed by atoms with Crippen LogP contribution < -0.4 is 10.3 Å². The smallest absolute Gasteiger partial charge is 0.387 e. The molecule has 0 aliphatic carbocycles. The quantitative estimate of drug-likeness (QED) is 0.397. The van der Waals surface area contributed by atoms with E-state index in [9.17, 15) is 18.7 Å². The van der Waals surface area contributed by atoms with Crippen molar-refractivity contribution in [1.82, 2.24) is 24.0 Å². The number of imidazole rings is 1. The van der Waals surface area contributed by atoms with Gasteiger partial charge in [-0.1, -0.05) is 23.8 Å². The Bertz CT molecular complexity index is 1620. The van der Waals surface area contributed by atoms with Crippen molar-refractivity contribution in [2.75, 3.05) is 0 Å². The van der Waals surface area contributed by atoms with E-state index in [1.165, 1.54) is 10.7 Å². The van der Waals surface area contributed by atoms with Crippen LogP contribution in [0.2, 0.25) is 0 Å². The summed E-state index contributed by atoms with van der Waals surface area (Å²) < 4.78 is 35.4. The Morgan fingerprint density at radius 3 is 2.63 bits per heavy atom. The fraction of sp³-hybridized carbons (Fsp3) is 0.240. The van der Waals surface area contributed by atoms with E-state index in [-0.39, 0.29) is 17.9 Å². The molecule has 8 nitrogen and oxygen atoms in total. The molecule has 2 aromatic carbocycles. The summed E-state index contributed by atoms with van der Waals surface area (Å²) in [5.41, 5.74) is 4.63. The monoisotopic (exact) mass is 479 g/mol. The van der Waals surface area contributed by atoms with Crippen LogP contribution in [0.25, 0.3) is 27.7 Å². The summed E-state index contributed by atoms with van der Waals surface area (Å²) >= 11 is 0. The van der Waals surface area contributed by atoms with E-state index < -0.39 is 12.7 Å². The van der Waals surface area contributed by atoms with Gasteiger partial charge in [0.1, 0.15) is 5.75 Å². The second-order valence-corrected chi connectivity index (χ2v) is 8.48. The Balaban J connectivity index is 1.61. The molecule has 0 fully saturated rings. The summed E-state index contributed by atoms with van der Waals surface area (Å²) in [5, 5.41) is 14.8. The Hall–Kier alpha value is -4.05. The summed E-state index contributed by atoms with van der Waals surface area (Å²) in [7, 11) is 1.64. The molecule has 0 saturated heterocycles. The van der Waals surface area contributed by atoms with Crippen LogP contribution in [0.1, 0.15) is 29.8 Å². The Morgan fingerprint density at radius 2 is 1.89 bits per heavy atom. The first-order chi connectivity index (χ1) is 16.7. The van der Waals surface area contributed by atoms with Crippen LogP contribution in [-0.4, -0.2) is 35.7 Å². The van der Waals surface area contributed by atoms with Crippen molar-refractivity contribution < 1.29 is 18.6 Å². The molecule has 0 aliphatic heterocycles. The molecule has 0 saturated carbocycles. The normalized spacial score (nSPS) is 12.7. The van der Waals surface area contributed by atoms with Gasteiger partial charge in [0.15, 0.2) is 5.65 Å². The largest absolute Gasteiger partial charge is 0.434 e. The topological polar surface area (TPSA) is 86.6 Å². The molecule has 0 aliphatic rings. The molecule has 5 rings (SSSR count). The zero-order valence-electron chi connectivity index (χ0n) is 19.3. The molecule has 180 valence electrons. The Kier molecular flexibility index (Phi) is 5.60. The lowest BCUT2D eigenvalue weighted by Crippen LogP contribution is -2.20. The van der Waals surface area contributed by atoms with Crippen LogP contribution in [0.5, 0.6) is 5.75 Å². The first kappa shape index (κ1) is 22.7. The van der Waals surface area contributed by atoms with Crippen LogP contribution in [0.3, 0.4) is 0 Å². The molecule has 35 heavy (non-hydrogen) atoms. The fourth-order valence-corrected chi connectivity index (χ4v) is 4.28. The van der Waals surface area contributed by atoms with Gasteiger partial charge < -0.3 is 9.84 Å². The molecule has 1 N–H and O–H groups in total. The fourth-order valence-electron chi connectivity index (χ4n) is 4.28. The van der Waals surface area contributed by atoms with Crippen molar-refractivity contribution in [1.29, 1.82) is 0 Å². The minimum Gasteiger partial charge on any atom is -0.434 e. The van der Waals surface area contributed by atoms with E-state index in [1.54, 1.807) is 53.8 Å². The van der Waals surface area contributed by atoms with Gasteiger partial charge in [0, 0.05) is 18.2 Å². The van der Waals surface area contributed by atoms with Gasteiger partial charge in [-0.25, -0.2) is 9.50 Å². The number of fused-ring (bicyclic) bond motifs is 2. The predicted octanol–water partition coefficient (Wildman–Crippen LogP) is 4.06. The third-order valence-corrected chi connectivity index (χ3v) is 6.06. The number of hydrogen-bond donors (Lipinski definition) is 1. The molecule has 0 spiro atoms. The number of hydrogen-bond acceptors (Lipinski definition) is 5. The van der Waals surface area contributed by atoms with Gasteiger partial charge in [0.25, 0.3) is 5.56 Å². The molecule has 5 aromatic rings. The minimum absolute atomic E-state index is 0.0685. The van der Waals surface area contributed by atoms with E-state index in [4.69, 9.17) is 4.74 Å². The maximum absolute atomic E-state index is 13.0. The standard InChI is InChI=1S/C25H23F2N5O3/c1-14-4-7-22(35-25(26)27)18(8-14)13-31-20-9-16(5-6-19(20)24(34)30(31)3)17-10-23-28-12-21(15(2)33)32(23)29-11-17/h4-12,15,25,33H,13H2,1-3H3. The van der Waals surface area contributed by atoms with Gasteiger partial charge in [0.2, 0.25) is 0 Å². The van der Waals surface area contributed by atoms with Crippen molar-refractivity contribution >= 4 is 16.6 Å². The van der Waals surface area contributed by atoms with E-state index in [1.807, 2.05) is 25.1 Å². The first-order valence-electron chi connectivity index (χ1n) is 11.0. The maximum atomic E-state index is 13.0. The van der Waals surface area contributed by atoms with Gasteiger partial charge in [-0.2, -0.15) is 13.9 Å². The summed E-state index contributed by atoms with van der Waals surface area (Å²) in [4.78, 5) is 17.2. The van der Waals surface area contributed by atoms with Gasteiger partial charge in [-0.05, 0) is 43.7 Å².